The third kappa shape index (κ3) is 5.13. The van der Waals surface area contributed by atoms with Crippen LogP contribution in [0, 0.1) is 0 Å². The topological polar surface area (TPSA) is 41.1 Å². The summed E-state index contributed by atoms with van der Waals surface area (Å²) in [6.07, 6.45) is 0. The molecule has 0 unspecified atom stereocenters. The van der Waals surface area contributed by atoms with Crippen molar-refractivity contribution in [2.45, 2.75) is 20.0 Å². The standard InChI is InChI=1S/C27H25ClN2O/c1-2-29-17-19-6-15-26-23(16-19)4-3-5-24(26)18-30-27(31)22-9-7-20(8-10-22)21-11-13-25(28)14-12-21/h3-16,29H,2,17-18H2,1H3,(H,30,31). The molecule has 4 heteroatoms. The van der Waals surface area contributed by atoms with Gasteiger partial charge < -0.3 is 10.6 Å². The van der Waals surface area contributed by atoms with Crippen LogP contribution in [0.1, 0.15) is 28.4 Å². The van der Waals surface area contributed by atoms with Crippen LogP contribution in [0.3, 0.4) is 0 Å². The maximum absolute atomic E-state index is 12.7. The lowest BCUT2D eigenvalue weighted by Crippen LogP contribution is -2.22. The molecule has 0 atom stereocenters. The molecule has 1 amide bonds. The first-order valence-corrected chi connectivity index (χ1v) is 10.9. The Bertz CT molecular complexity index is 1180. The average Bonchev–Trinajstić information content (AvgIpc) is 2.81. The van der Waals surface area contributed by atoms with Crippen LogP contribution in [-0.2, 0) is 13.1 Å². The van der Waals surface area contributed by atoms with Gasteiger partial charge in [0, 0.05) is 23.7 Å². The molecular weight excluding hydrogens is 404 g/mol. The summed E-state index contributed by atoms with van der Waals surface area (Å²) >= 11 is 5.96. The zero-order valence-corrected chi connectivity index (χ0v) is 18.2. The lowest BCUT2D eigenvalue weighted by molar-refractivity contribution is 0.0951. The minimum Gasteiger partial charge on any atom is -0.348 e. The first-order chi connectivity index (χ1) is 15.1. The second-order valence-electron chi connectivity index (χ2n) is 7.52. The van der Waals surface area contributed by atoms with Crippen molar-refractivity contribution in [3.05, 3.63) is 107 Å². The Hall–Kier alpha value is -3.14. The zero-order chi connectivity index (χ0) is 21.6. The first-order valence-electron chi connectivity index (χ1n) is 10.5. The van der Waals surface area contributed by atoms with E-state index in [1.807, 2.05) is 54.6 Å². The van der Waals surface area contributed by atoms with Crippen LogP contribution in [0.15, 0.2) is 84.9 Å². The fourth-order valence-corrected chi connectivity index (χ4v) is 3.79. The van der Waals surface area contributed by atoms with Crippen molar-refractivity contribution < 1.29 is 4.79 Å². The highest BCUT2D eigenvalue weighted by Crippen LogP contribution is 2.23. The summed E-state index contributed by atoms with van der Waals surface area (Å²) in [6.45, 7) is 4.40. The Morgan fingerprint density at radius 1 is 0.839 bits per heavy atom. The summed E-state index contributed by atoms with van der Waals surface area (Å²) in [7, 11) is 0. The molecule has 4 rings (SSSR count). The van der Waals surface area contributed by atoms with Gasteiger partial charge >= 0.3 is 0 Å². The third-order valence-corrected chi connectivity index (χ3v) is 5.63. The Kier molecular flexibility index (Phi) is 6.66. The van der Waals surface area contributed by atoms with Gasteiger partial charge in [-0.25, -0.2) is 0 Å². The number of carbonyl (C=O) groups excluding carboxylic acids is 1. The summed E-state index contributed by atoms with van der Waals surface area (Å²) < 4.78 is 0. The molecule has 0 bridgehead atoms. The number of hydrogen-bond donors (Lipinski definition) is 2. The van der Waals surface area contributed by atoms with E-state index in [9.17, 15) is 4.79 Å². The van der Waals surface area contributed by atoms with Crippen molar-refractivity contribution in [1.29, 1.82) is 0 Å². The summed E-state index contributed by atoms with van der Waals surface area (Å²) in [5, 5.41) is 9.48. The summed E-state index contributed by atoms with van der Waals surface area (Å²) in [6, 6.07) is 28.0. The van der Waals surface area contributed by atoms with E-state index in [0.29, 0.717) is 17.1 Å². The van der Waals surface area contributed by atoms with E-state index >= 15 is 0 Å². The van der Waals surface area contributed by atoms with Crippen LogP contribution in [0.5, 0.6) is 0 Å². The highest BCUT2D eigenvalue weighted by molar-refractivity contribution is 6.30. The molecule has 3 nitrogen and oxygen atoms in total. The molecule has 0 radical (unpaired) electrons. The van der Waals surface area contributed by atoms with Gasteiger partial charge in [0.05, 0.1) is 0 Å². The van der Waals surface area contributed by atoms with Crippen molar-refractivity contribution in [3.8, 4) is 11.1 Å². The molecule has 0 aromatic heterocycles. The number of rotatable bonds is 7. The predicted octanol–water partition coefficient (Wildman–Crippen LogP) is 6.20. The van der Waals surface area contributed by atoms with E-state index in [4.69, 9.17) is 11.6 Å². The van der Waals surface area contributed by atoms with Crippen molar-refractivity contribution in [1.82, 2.24) is 10.6 Å². The maximum Gasteiger partial charge on any atom is 0.251 e. The fraction of sp³-hybridized carbons (Fsp3) is 0.148. The van der Waals surface area contributed by atoms with Crippen molar-refractivity contribution in [2.24, 2.45) is 0 Å². The molecule has 31 heavy (non-hydrogen) atoms. The number of amides is 1. The monoisotopic (exact) mass is 428 g/mol. The van der Waals surface area contributed by atoms with Crippen LogP contribution in [0.25, 0.3) is 21.9 Å². The summed E-state index contributed by atoms with van der Waals surface area (Å²) in [4.78, 5) is 12.7. The molecular formula is C27H25ClN2O. The van der Waals surface area contributed by atoms with Crippen molar-refractivity contribution in [3.63, 3.8) is 0 Å². The Morgan fingerprint density at radius 3 is 2.26 bits per heavy atom. The number of hydrogen-bond acceptors (Lipinski definition) is 2. The SMILES string of the molecule is CCNCc1ccc2c(CNC(=O)c3ccc(-c4ccc(Cl)cc4)cc3)cccc2c1. The van der Waals surface area contributed by atoms with Crippen LogP contribution >= 0.6 is 11.6 Å². The van der Waals surface area contributed by atoms with Crippen LogP contribution in [-0.4, -0.2) is 12.5 Å². The quantitative estimate of drug-likeness (QED) is 0.368. The van der Waals surface area contributed by atoms with Gasteiger partial charge in [0.2, 0.25) is 0 Å². The Labute approximate surface area is 188 Å². The van der Waals surface area contributed by atoms with Gasteiger partial charge in [-0.2, -0.15) is 0 Å². The van der Waals surface area contributed by atoms with Crippen LogP contribution in [0.4, 0.5) is 0 Å². The van der Waals surface area contributed by atoms with E-state index in [1.165, 1.54) is 16.3 Å². The molecule has 0 aliphatic carbocycles. The smallest absolute Gasteiger partial charge is 0.251 e. The number of fused-ring (bicyclic) bond motifs is 1. The highest BCUT2D eigenvalue weighted by Gasteiger charge is 2.08. The van der Waals surface area contributed by atoms with Crippen LogP contribution < -0.4 is 10.6 Å². The normalized spacial score (nSPS) is 10.9. The second kappa shape index (κ2) is 9.78. The molecule has 0 aliphatic heterocycles. The minimum absolute atomic E-state index is 0.0802. The predicted molar refractivity (Wildman–Crippen MR) is 129 cm³/mol. The third-order valence-electron chi connectivity index (χ3n) is 5.38. The largest absolute Gasteiger partial charge is 0.348 e. The molecule has 156 valence electrons. The lowest BCUT2D eigenvalue weighted by atomic mass is 10.0. The summed E-state index contributed by atoms with van der Waals surface area (Å²) in [5.41, 5.74) is 5.14. The van der Waals surface area contributed by atoms with E-state index in [-0.39, 0.29) is 5.91 Å². The van der Waals surface area contributed by atoms with Gasteiger partial charge in [0.25, 0.3) is 5.91 Å². The summed E-state index contributed by atoms with van der Waals surface area (Å²) in [5.74, 6) is -0.0802. The highest BCUT2D eigenvalue weighted by atomic mass is 35.5. The minimum atomic E-state index is -0.0802. The Morgan fingerprint density at radius 2 is 1.55 bits per heavy atom. The van der Waals surface area contributed by atoms with Gasteiger partial charge in [-0.15, -0.1) is 0 Å². The lowest BCUT2D eigenvalue weighted by Gasteiger charge is -2.11. The molecule has 0 saturated carbocycles. The molecule has 0 fully saturated rings. The fourth-order valence-electron chi connectivity index (χ4n) is 3.67. The first kappa shape index (κ1) is 21.1. The molecule has 0 spiro atoms. The molecule has 0 heterocycles. The van der Waals surface area contributed by atoms with Gasteiger partial charge in [0.15, 0.2) is 0 Å². The second-order valence-corrected chi connectivity index (χ2v) is 7.96. The van der Waals surface area contributed by atoms with E-state index in [1.54, 1.807) is 0 Å². The molecule has 4 aromatic carbocycles. The van der Waals surface area contributed by atoms with Crippen molar-refractivity contribution >= 4 is 28.3 Å². The van der Waals surface area contributed by atoms with E-state index in [0.717, 1.165) is 29.8 Å². The zero-order valence-electron chi connectivity index (χ0n) is 17.5. The van der Waals surface area contributed by atoms with E-state index in [2.05, 4.69) is 47.9 Å². The van der Waals surface area contributed by atoms with Gasteiger partial charge in [-0.3, -0.25) is 4.79 Å². The van der Waals surface area contributed by atoms with Gasteiger partial charge in [0.1, 0.15) is 0 Å². The number of halogens is 1. The van der Waals surface area contributed by atoms with Gasteiger partial charge in [-0.1, -0.05) is 73.1 Å². The Balaban J connectivity index is 1.44. The number of nitrogens with one attached hydrogen (secondary N) is 2. The maximum atomic E-state index is 12.7. The van der Waals surface area contributed by atoms with Crippen molar-refractivity contribution in [2.75, 3.05) is 6.54 Å². The molecule has 2 N–H and O–H groups in total. The number of carbonyl (C=O) groups is 1. The van der Waals surface area contributed by atoms with Gasteiger partial charge in [-0.05, 0) is 69.9 Å². The van der Waals surface area contributed by atoms with Crippen LogP contribution in [0.2, 0.25) is 5.02 Å². The molecule has 0 saturated heterocycles. The molecule has 4 aromatic rings. The number of benzene rings is 4. The average molecular weight is 429 g/mol. The molecule has 0 aliphatic rings. The van der Waals surface area contributed by atoms with E-state index < -0.39 is 0 Å².